The van der Waals surface area contributed by atoms with Crippen LogP contribution in [0.25, 0.3) is 0 Å². The van der Waals surface area contributed by atoms with Crippen LogP contribution < -0.4 is 10.6 Å². The largest absolute Gasteiger partial charge is 0.350 e. The number of carbonyl (C=O) groups excluding carboxylic acids is 2. The highest BCUT2D eigenvalue weighted by Gasteiger charge is 2.21. The molecule has 1 atom stereocenters. The number of rotatable bonds is 3. The molecule has 1 rings (SSSR count). The number of halogens is 1. The molecule has 0 bridgehead atoms. The van der Waals surface area contributed by atoms with E-state index in [1.807, 2.05) is 20.8 Å². The highest BCUT2D eigenvalue weighted by molar-refractivity contribution is 5.97. The molecule has 0 aliphatic carbocycles. The van der Waals surface area contributed by atoms with Crippen LogP contribution in [-0.2, 0) is 4.79 Å². The molecule has 2 amide bonds. The molecule has 0 aliphatic heterocycles. The van der Waals surface area contributed by atoms with E-state index in [2.05, 4.69) is 10.6 Å². The average molecular weight is 266 g/mol. The van der Waals surface area contributed by atoms with Gasteiger partial charge in [-0.15, -0.1) is 0 Å². The van der Waals surface area contributed by atoms with Crippen LogP contribution in [0.2, 0.25) is 0 Å². The first-order valence-corrected chi connectivity index (χ1v) is 6.08. The third kappa shape index (κ3) is 4.69. The summed E-state index contributed by atoms with van der Waals surface area (Å²) in [5.74, 6) is -1.52. The topological polar surface area (TPSA) is 58.2 Å². The van der Waals surface area contributed by atoms with Crippen LogP contribution in [0, 0.1) is 5.82 Å². The summed E-state index contributed by atoms with van der Waals surface area (Å²) in [5, 5.41) is 5.21. The second-order valence-corrected chi connectivity index (χ2v) is 5.41. The Kier molecular flexibility index (Phi) is 4.64. The molecule has 19 heavy (non-hydrogen) atoms. The van der Waals surface area contributed by atoms with Crippen molar-refractivity contribution in [3.63, 3.8) is 0 Å². The zero-order valence-corrected chi connectivity index (χ0v) is 11.6. The maximum atomic E-state index is 13.4. The van der Waals surface area contributed by atoms with E-state index in [9.17, 15) is 14.0 Å². The molecule has 0 aliphatic rings. The first kappa shape index (κ1) is 15.1. The Morgan fingerprint density at radius 3 is 2.32 bits per heavy atom. The second kappa shape index (κ2) is 5.82. The molecule has 0 radical (unpaired) electrons. The van der Waals surface area contributed by atoms with Gasteiger partial charge >= 0.3 is 0 Å². The summed E-state index contributed by atoms with van der Waals surface area (Å²) < 4.78 is 13.4. The monoisotopic (exact) mass is 266 g/mol. The summed E-state index contributed by atoms with van der Waals surface area (Å²) in [7, 11) is 0. The standard InChI is InChI=1S/C14H19FN2O2/c1-9(12(18)17-14(2,3)4)16-13(19)10-7-5-6-8-11(10)15/h5-9H,1-4H3,(H,16,19)(H,17,18). The summed E-state index contributed by atoms with van der Waals surface area (Å²) >= 11 is 0. The van der Waals surface area contributed by atoms with Crippen LogP contribution in [0.4, 0.5) is 4.39 Å². The lowest BCUT2D eigenvalue weighted by Gasteiger charge is -2.23. The van der Waals surface area contributed by atoms with E-state index < -0.39 is 17.8 Å². The van der Waals surface area contributed by atoms with Gasteiger partial charge in [0.2, 0.25) is 5.91 Å². The summed E-state index contributed by atoms with van der Waals surface area (Å²) in [6.45, 7) is 7.09. The lowest BCUT2D eigenvalue weighted by atomic mass is 10.1. The lowest BCUT2D eigenvalue weighted by Crippen LogP contribution is -2.50. The van der Waals surface area contributed by atoms with E-state index in [4.69, 9.17) is 0 Å². The summed E-state index contributed by atoms with van der Waals surface area (Å²) in [5.41, 5.74) is -0.452. The van der Waals surface area contributed by atoms with Crippen molar-refractivity contribution < 1.29 is 14.0 Å². The predicted octanol–water partition coefficient (Wildman–Crippen LogP) is 1.86. The van der Waals surface area contributed by atoms with Crippen LogP contribution in [0.15, 0.2) is 24.3 Å². The molecule has 0 heterocycles. The quantitative estimate of drug-likeness (QED) is 0.877. The highest BCUT2D eigenvalue weighted by atomic mass is 19.1. The van der Waals surface area contributed by atoms with Crippen molar-refractivity contribution in [3.8, 4) is 0 Å². The predicted molar refractivity (Wildman–Crippen MR) is 71.2 cm³/mol. The molecule has 104 valence electrons. The molecule has 0 saturated carbocycles. The fourth-order valence-corrected chi connectivity index (χ4v) is 1.46. The van der Waals surface area contributed by atoms with E-state index in [-0.39, 0.29) is 17.0 Å². The highest BCUT2D eigenvalue weighted by Crippen LogP contribution is 2.06. The van der Waals surface area contributed by atoms with E-state index in [1.54, 1.807) is 13.0 Å². The smallest absolute Gasteiger partial charge is 0.254 e. The van der Waals surface area contributed by atoms with Crippen LogP contribution in [-0.4, -0.2) is 23.4 Å². The Bertz CT molecular complexity index is 481. The molecule has 1 unspecified atom stereocenters. The minimum absolute atomic E-state index is 0.0714. The minimum atomic E-state index is -0.730. The van der Waals surface area contributed by atoms with Gasteiger partial charge in [-0.1, -0.05) is 12.1 Å². The van der Waals surface area contributed by atoms with Crippen molar-refractivity contribution in [1.29, 1.82) is 0 Å². The molecule has 1 aromatic carbocycles. The van der Waals surface area contributed by atoms with E-state index in [1.165, 1.54) is 18.2 Å². The second-order valence-electron chi connectivity index (χ2n) is 5.41. The van der Waals surface area contributed by atoms with Gasteiger partial charge < -0.3 is 10.6 Å². The van der Waals surface area contributed by atoms with Gasteiger partial charge in [-0.05, 0) is 39.8 Å². The van der Waals surface area contributed by atoms with Gasteiger partial charge in [-0.25, -0.2) is 4.39 Å². The van der Waals surface area contributed by atoms with Gasteiger partial charge in [0.15, 0.2) is 0 Å². The fourth-order valence-electron chi connectivity index (χ4n) is 1.46. The van der Waals surface area contributed by atoms with Crippen molar-refractivity contribution in [2.24, 2.45) is 0 Å². The number of carbonyl (C=O) groups is 2. The van der Waals surface area contributed by atoms with Crippen molar-refractivity contribution in [3.05, 3.63) is 35.6 Å². The number of benzene rings is 1. The van der Waals surface area contributed by atoms with E-state index in [0.717, 1.165) is 0 Å². The van der Waals surface area contributed by atoms with Crippen molar-refractivity contribution >= 4 is 11.8 Å². The Morgan fingerprint density at radius 1 is 1.21 bits per heavy atom. The molecule has 1 aromatic rings. The van der Waals surface area contributed by atoms with Crippen molar-refractivity contribution in [1.82, 2.24) is 10.6 Å². The summed E-state index contributed by atoms with van der Waals surface area (Å²) in [6, 6.07) is 4.92. The number of amides is 2. The van der Waals surface area contributed by atoms with Crippen LogP contribution in [0.1, 0.15) is 38.1 Å². The van der Waals surface area contributed by atoms with Crippen LogP contribution in [0.3, 0.4) is 0 Å². The number of hydrogen-bond acceptors (Lipinski definition) is 2. The lowest BCUT2D eigenvalue weighted by molar-refractivity contribution is -0.124. The van der Waals surface area contributed by atoms with Gasteiger partial charge in [0.1, 0.15) is 11.9 Å². The van der Waals surface area contributed by atoms with E-state index in [0.29, 0.717) is 0 Å². The molecule has 0 spiro atoms. The average Bonchev–Trinajstić information content (AvgIpc) is 2.27. The first-order chi connectivity index (χ1) is 8.70. The van der Waals surface area contributed by atoms with Gasteiger partial charge in [0.05, 0.1) is 5.56 Å². The van der Waals surface area contributed by atoms with E-state index >= 15 is 0 Å². The van der Waals surface area contributed by atoms with Gasteiger partial charge in [-0.2, -0.15) is 0 Å². The molecule has 4 nitrogen and oxygen atoms in total. The molecule has 2 N–H and O–H groups in total. The van der Waals surface area contributed by atoms with Crippen LogP contribution in [0.5, 0.6) is 0 Å². The van der Waals surface area contributed by atoms with Crippen molar-refractivity contribution in [2.75, 3.05) is 0 Å². The summed E-state index contributed by atoms with van der Waals surface area (Å²) in [6.07, 6.45) is 0. The Hall–Kier alpha value is -1.91. The fraction of sp³-hybridized carbons (Fsp3) is 0.429. The van der Waals surface area contributed by atoms with Gasteiger partial charge in [-0.3, -0.25) is 9.59 Å². The Morgan fingerprint density at radius 2 is 1.79 bits per heavy atom. The van der Waals surface area contributed by atoms with Crippen molar-refractivity contribution in [2.45, 2.75) is 39.3 Å². The zero-order chi connectivity index (χ0) is 14.6. The number of nitrogens with one attached hydrogen (secondary N) is 2. The Balaban J connectivity index is 2.67. The maximum absolute atomic E-state index is 13.4. The molecule has 0 fully saturated rings. The first-order valence-electron chi connectivity index (χ1n) is 6.08. The van der Waals surface area contributed by atoms with Gasteiger partial charge in [0, 0.05) is 5.54 Å². The molecule has 0 saturated heterocycles. The summed E-state index contributed by atoms with van der Waals surface area (Å²) in [4.78, 5) is 23.6. The van der Waals surface area contributed by atoms with Crippen LogP contribution >= 0.6 is 0 Å². The zero-order valence-electron chi connectivity index (χ0n) is 11.6. The Labute approximate surface area is 112 Å². The molecule has 5 heteroatoms. The SMILES string of the molecule is CC(NC(=O)c1ccccc1F)C(=O)NC(C)(C)C. The molecular weight excluding hydrogens is 247 g/mol. The third-order valence-corrected chi connectivity index (χ3v) is 2.36. The third-order valence-electron chi connectivity index (χ3n) is 2.36. The molecule has 0 aromatic heterocycles. The normalized spacial score (nSPS) is 12.7. The minimum Gasteiger partial charge on any atom is -0.350 e. The maximum Gasteiger partial charge on any atom is 0.254 e. The molecular formula is C14H19FN2O2. The number of hydrogen-bond donors (Lipinski definition) is 2. The van der Waals surface area contributed by atoms with Gasteiger partial charge in [0.25, 0.3) is 5.91 Å².